The molecule has 1 aromatic rings. The van der Waals surface area contributed by atoms with Crippen molar-refractivity contribution in [2.24, 2.45) is 0 Å². The fraction of sp³-hybridized carbons (Fsp3) is 0.700. The van der Waals surface area contributed by atoms with Crippen LogP contribution < -0.4 is 5.73 Å². The van der Waals surface area contributed by atoms with Crippen molar-refractivity contribution in [1.29, 1.82) is 0 Å². The molecule has 0 amide bonds. The molecule has 1 aromatic heterocycles. The van der Waals surface area contributed by atoms with Crippen molar-refractivity contribution in [3.8, 4) is 0 Å². The van der Waals surface area contributed by atoms with Crippen LogP contribution in [0.25, 0.3) is 0 Å². The Balaban J connectivity index is 3.04. The Bertz CT molecular complexity index is 485. The summed E-state index contributed by atoms with van der Waals surface area (Å²) in [5.41, 5.74) is 5.94. The molecule has 0 aromatic carbocycles. The Hall–Kier alpha value is -0.700. The number of sulfonamides is 1. The lowest BCUT2D eigenvalue weighted by Gasteiger charge is -2.20. The van der Waals surface area contributed by atoms with E-state index >= 15 is 0 Å². The molecule has 0 saturated heterocycles. The molecule has 1 rings (SSSR count). The maximum Gasteiger partial charge on any atom is 0.254 e. The minimum absolute atomic E-state index is 0.0968. The summed E-state index contributed by atoms with van der Waals surface area (Å²) in [6.45, 7) is 3.91. The Morgan fingerprint density at radius 2 is 2.11 bits per heavy atom. The van der Waals surface area contributed by atoms with Gasteiger partial charge in [-0.1, -0.05) is 24.7 Å². The first-order chi connectivity index (χ1) is 8.43. The van der Waals surface area contributed by atoms with Gasteiger partial charge in [0.1, 0.15) is 0 Å². The van der Waals surface area contributed by atoms with Gasteiger partial charge < -0.3 is 10.8 Å². The number of anilines is 1. The normalized spacial score (nSPS) is 12.2. The number of aromatic nitrogens is 1. The maximum atomic E-state index is 12.4. The van der Waals surface area contributed by atoms with Crippen molar-refractivity contribution in [2.75, 3.05) is 25.4 Å². The Morgan fingerprint density at radius 1 is 1.44 bits per heavy atom. The highest BCUT2D eigenvalue weighted by Gasteiger charge is 2.28. The molecule has 0 spiro atoms. The molecule has 0 aliphatic rings. The van der Waals surface area contributed by atoms with Gasteiger partial charge in [-0.25, -0.2) is 13.4 Å². The highest BCUT2D eigenvalue weighted by molar-refractivity contribution is 7.91. The first-order valence-electron chi connectivity index (χ1n) is 5.77. The highest BCUT2D eigenvalue weighted by Crippen LogP contribution is 2.28. The van der Waals surface area contributed by atoms with Gasteiger partial charge in [-0.15, -0.1) is 0 Å². The smallest absolute Gasteiger partial charge is 0.254 e. The number of unbranched alkanes of at least 4 members (excludes halogenated alkanes) is 1. The van der Waals surface area contributed by atoms with Gasteiger partial charge in [0.05, 0.1) is 12.3 Å². The van der Waals surface area contributed by atoms with E-state index in [0.717, 1.165) is 24.2 Å². The van der Waals surface area contributed by atoms with E-state index in [-0.39, 0.29) is 22.5 Å². The van der Waals surface area contributed by atoms with Gasteiger partial charge in [-0.2, -0.15) is 4.31 Å². The lowest BCUT2D eigenvalue weighted by Crippen LogP contribution is -2.34. The minimum Gasteiger partial charge on any atom is -0.395 e. The first-order valence-corrected chi connectivity index (χ1v) is 8.03. The minimum atomic E-state index is -3.60. The Labute approximate surface area is 112 Å². The number of aliphatic hydroxyl groups is 1. The molecule has 0 saturated carbocycles. The number of thiazole rings is 1. The van der Waals surface area contributed by atoms with Crippen LogP contribution in [0.5, 0.6) is 0 Å². The van der Waals surface area contributed by atoms with Crippen LogP contribution in [0.15, 0.2) is 4.21 Å². The number of hydrogen-bond acceptors (Lipinski definition) is 6. The number of nitrogens with two attached hydrogens (primary N) is 1. The molecule has 1 heterocycles. The van der Waals surface area contributed by atoms with Crippen LogP contribution in [0.2, 0.25) is 0 Å². The number of rotatable bonds is 7. The molecule has 0 bridgehead atoms. The quantitative estimate of drug-likeness (QED) is 0.775. The molecule has 0 aliphatic carbocycles. The largest absolute Gasteiger partial charge is 0.395 e. The zero-order chi connectivity index (χ0) is 13.8. The van der Waals surface area contributed by atoms with Gasteiger partial charge >= 0.3 is 0 Å². The van der Waals surface area contributed by atoms with Crippen molar-refractivity contribution in [3.63, 3.8) is 0 Å². The fourth-order valence-corrected chi connectivity index (χ4v) is 4.46. The highest BCUT2D eigenvalue weighted by atomic mass is 32.2. The molecular formula is C10H19N3O3S2. The third-order valence-corrected chi connectivity index (χ3v) is 5.93. The maximum absolute atomic E-state index is 12.4. The van der Waals surface area contributed by atoms with Gasteiger partial charge in [-0.05, 0) is 13.3 Å². The third-order valence-electron chi connectivity index (χ3n) is 2.46. The monoisotopic (exact) mass is 293 g/mol. The summed E-state index contributed by atoms with van der Waals surface area (Å²) in [4.78, 5) is 3.93. The summed E-state index contributed by atoms with van der Waals surface area (Å²) >= 11 is 0.964. The van der Waals surface area contributed by atoms with Gasteiger partial charge in [0.2, 0.25) is 0 Å². The van der Waals surface area contributed by atoms with Gasteiger partial charge in [0, 0.05) is 13.1 Å². The van der Waals surface area contributed by atoms with Crippen LogP contribution in [-0.4, -0.2) is 42.5 Å². The first kappa shape index (κ1) is 15.4. The second kappa shape index (κ2) is 6.46. The van der Waals surface area contributed by atoms with Crippen molar-refractivity contribution in [3.05, 3.63) is 5.69 Å². The Morgan fingerprint density at radius 3 is 2.56 bits per heavy atom. The molecule has 104 valence electrons. The summed E-state index contributed by atoms with van der Waals surface area (Å²) in [6, 6.07) is 0. The van der Waals surface area contributed by atoms with Gasteiger partial charge in [0.15, 0.2) is 9.34 Å². The average Bonchev–Trinajstić information content (AvgIpc) is 2.64. The van der Waals surface area contributed by atoms with Crippen LogP contribution in [0.1, 0.15) is 25.5 Å². The zero-order valence-corrected chi connectivity index (χ0v) is 12.2. The summed E-state index contributed by atoms with van der Waals surface area (Å²) < 4.78 is 26.2. The Kier molecular flexibility index (Phi) is 5.51. The van der Waals surface area contributed by atoms with E-state index < -0.39 is 10.0 Å². The molecule has 8 heteroatoms. The van der Waals surface area contributed by atoms with Crippen molar-refractivity contribution in [1.82, 2.24) is 9.29 Å². The zero-order valence-electron chi connectivity index (χ0n) is 10.6. The van der Waals surface area contributed by atoms with E-state index in [2.05, 4.69) is 4.98 Å². The number of hydrogen-bond donors (Lipinski definition) is 2. The molecule has 0 atom stereocenters. The van der Waals surface area contributed by atoms with Crippen LogP contribution in [-0.2, 0) is 10.0 Å². The fourth-order valence-electron chi connectivity index (χ4n) is 1.56. The second-order valence-corrected chi connectivity index (χ2v) is 7.07. The second-order valence-electron chi connectivity index (χ2n) is 3.91. The van der Waals surface area contributed by atoms with Crippen molar-refractivity contribution in [2.45, 2.75) is 30.9 Å². The van der Waals surface area contributed by atoms with E-state index in [1.165, 1.54) is 4.31 Å². The molecule has 0 unspecified atom stereocenters. The topological polar surface area (TPSA) is 96.5 Å². The van der Waals surface area contributed by atoms with E-state index in [1.807, 2.05) is 6.92 Å². The molecule has 3 N–H and O–H groups in total. The molecule has 0 radical (unpaired) electrons. The van der Waals surface area contributed by atoms with Crippen molar-refractivity contribution >= 4 is 26.5 Å². The lowest BCUT2D eigenvalue weighted by molar-refractivity contribution is 0.252. The molecule has 0 fully saturated rings. The van der Waals surface area contributed by atoms with Crippen LogP contribution >= 0.6 is 11.3 Å². The summed E-state index contributed by atoms with van der Waals surface area (Å²) in [5.74, 6) is 0. The summed E-state index contributed by atoms with van der Waals surface area (Å²) in [6.07, 6.45) is 1.65. The summed E-state index contributed by atoms with van der Waals surface area (Å²) in [5, 5.41) is 9.22. The van der Waals surface area contributed by atoms with Crippen LogP contribution in [0.4, 0.5) is 5.13 Å². The van der Waals surface area contributed by atoms with E-state index in [4.69, 9.17) is 10.8 Å². The van der Waals surface area contributed by atoms with E-state index in [0.29, 0.717) is 12.2 Å². The third kappa shape index (κ3) is 3.41. The predicted octanol–water partition coefficient (Wildman–Crippen LogP) is 0.817. The molecular weight excluding hydrogens is 274 g/mol. The van der Waals surface area contributed by atoms with E-state index in [9.17, 15) is 8.42 Å². The number of aliphatic hydroxyl groups excluding tert-OH is 1. The summed E-state index contributed by atoms with van der Waals surface area (Å²) in [7, 11) is -3.60. The average molecular weight is 293 g/mol. The number of nitrogen functional groups attached to an aromatic ring is 1. The van der Waals surface area contributed by atoms with Gasteiger partial charge in [-0.3, -0.25) is 0 Å². The van der Waals surface area contributed by atoms with Crippen molar-refractivity contribution < 1.29 is 13.5 Å². The van der Waals surface area contributed by atoms with Crippen LogP contribution in [0.3, 0.4) is 0 Å². The number of nitrogens with zero attached hydrogens (tertiary/aromatic N) is 2. The molecule has 6 nitrogen and oxygen atoms in total. The standard InChI is InChI=1S/C10H19N3O3S2/c1-3-4-5-13(6-7-14)18(15,16)9-8(2)12-10(11)17-9/h14H,3-7H2,1-2H3,(H2,11,12). The SMILES string of the molecule is CCCCN(CCO)S(=O)(=O)c1sc(N)nc1C. The van der Waals surface area contributed by atoms with Crippen LogP contribution in [0, 0.1) is 6.92 Å². The molecule has 0 aliphatic heterocycles. The lowest BCUT2D eigenvalue weighted by atomic mass is 10.3. The molecule has 18 heavy (non-hydrogen) atoms. The van der Waals surface area contributed by atoms with Gasteiger partial charge in [0.25, 0.3) is 10.0 Å². The number of aryl methyl sites for hydroxylation is 1. The van der Waals surface area contributed by atoms with E-state index in [1.54, 1.807) is 6.92 Å². The predicted molar refractivity (Wildman–Crippen MR) is 72.0 cm³/mol.